The Morgan fingerprint density at radius 2 is 1.59 bits per heavy atom. The van der Waals surface area contributed by atoms with Crippen LogP contribution in [0.3, 0.4) is 0 Å². The molecular weight excluding hydrogens is 360 g/mol. The molecule has 0 radical (unpaired) electrons. The lowest BCUT2D eigenvalue weighted by atomic mass is 10.4. The van der Waals surface area contributed by atoms with Gasteiger partial charge in [0.1, 0.15) is 0 Å². The van der Waals surface area contributed by atoms with Gasteiger partial charge < -0.3 is 24.1 Å². The first-order valence-electron chi connectivity index (χ1n) is 7.95. The van der Waals surface area contributed by atoms with E-state index in [4.69, 9.17) is 9.84 Å². The van der Waals surface area contributed by atoms with Crippen molar-refractivity contribution in [2.75, 3.05) is 19.8 Å². The fraction of sp³-hybridized carbons (Fsp3) is 0.444. The van der Waals surface area contributed by atoms with Gasteiger partial charge in [-0.1, -0.05) is 0 Å². The number of carboxylic acid groups (broad SMARTS) is 1. The van der Waals surface area contributed by atoms with E-state index in [1.54, 1.807) is 13.8 Å². The minimum absolute atomic E-state index is 0.221. The summed E-state index contributed by atoms with van der Waals surface area (Å²) in [5, 5.41) is 8.10. The van der Waals surface area contributed by atoms with Crippen LogP contribution in [0.25, 0.3) is 0 Å². The van der Waals surface area contributed by atoms with E-state index in [0.717, 1.165) is 44.1 Å². The first-order chi connectivity index (χ1) is 12.7. The van der Waals surface area contributed by atoms with E-state index >= 15 is 0 Å². The number of carboxylic acids is 1. The van der Waals surface area contributed by atoms with Crippen molar-refractivity contribution in [2.24, 2.45) is 0 Å². The molecule has 3 aliphatic rings. The van der Waals surface area contributed by atoms with Crippen molar-refractivity contribution in [1.29, 1.82) is 0 Å². The smallest absolute Gasteiger partial charge is 0.338 e. The van der Waals surface area contributed by atoms with Crippen LogP contribution in [-0.2, 0) is 38.1 Å². The van der Waals surface area contributed by atoms with Gasteiger partial charge in [0.05, 0.1) is 32.0 Å². The second-order valence-corrected chi connectivity index (χ2v) is 4.99. The number of ether oxygens (including phenoxy) is 4. The Hall–Kier alpha value is -2.78. The van der Waals surface area contributed by atoms with Gasteiger partial charge in [-0.25, -0.2) is 19.2 Å². The van der Waals surface area contributed by atoms with E-state index < -0.39 is 23.9 Å². The molecule has 0 aromatic carbocycles. The summed E-state index contributed by atoms with van der Waals surface area (Å²) in [6, 6.07) is 0. The zero-order valence-electron chi connectivity index (χ0n) is 15.7. The number of aliphatic carboxylic acids is 1. The van der Waals surface area contributed by atoms with Gasteiger partial charge in [-0.15, -0.1) is 13.2 Å². The Labute approximate surface area is 158 Å². The van der Waals surface area contributed by atoms with Gasteiger partial charge in [0.2, 0.25) is 0 Å². The molecule has 9 heteroatoms. The van der Waals surface area contributed by atoms with Crippen molar-refractivity contribution in [3.8, 4) is 0 Å². The van der Waals surface area contributed by atoms with Gasteiger partial charge in [-0.2, -0.15) is 0 Å². The number of esters is 3. The van der Waals surface area contributed by atoms with Gasteiger partial charge in [0.15, 0.2) is 0 Å². The maximum absolute atomic E-state index is 10.6. The van der Waals surface area contributed by atoms with Crippen LogP contribution in [0.2, 0.25) is 0 Å². The molecule has 0 aliphatic carbocycles. The van der Waals surface area contributed by atoms with Crippen LogP contribution in [-0.4, -0.2) is 61.0 Å². The summed E-state index contributed by atoms with van der Waals surface area (Å²) < 4.78 is 17.8. The van der Waals surface area contributed by atoms with Crippen LogP contribution in [0, 0.1) is 0 Å². The van der Waals surface area contributed by atoms with Gasteiger partial charge in [-0.3, -0.25) is 0 Å². The molecule has 152 valence electrons. The van der Waals surface area contributed by atoms with Crippen LogP contribution in [0.15, 0.2) is 37.5 Å². The number of cyclic esters (lactones) is 2. The highest BCUT2D eigenvalue weighted by atomic mass is 16.6. The molecule has 0 aromatic heterocycles. The van der Waals surface area contributed by atoms with Crippen molar-refractivity contribution < 1.29 is 43.2 Å². The first kappa shape index (κ1) is 26.4. The van der Waals surface area contributed by atoms with Gasteiger partial charge in [0.25, 0.3) is 0 Å². The van der Waals surface area contributed by atoms with Crippen LogP contribution < -0.4 is 0 Å². The predicted octanol–water partition coefficient (Wildman–Crippen LogP) is 1.43. The SMILES string of the molecule is C1CO1.C=C.CC(C)OC(=O)/C=C\C(=O)O.CC1CO1.O=C1C=CC(=O)O1. The fourth-order valence-electron chi connectivity index (χ4n) is 0.810. The van der Waals surface area contributed by atoms with Crippen molar-refractivity contribution in [3.05, 3.63) is 37.5 Å². The zero-order valence-corrected chi connectivity index (χ0v) is 15.7. The van der Waals surface area contributed by atoms with E-state index in [1.807, 2.05) is 0 Å². The minimum Gasteiger partial charge on any atom is -0.478 e. The Kier molecular flexibility index (Phi) is 16.3. The molecule has 3 aliphatic heterocycles. The molecule has 9 nitrogen and oxygen atoms in total. The molecule has 0 spiro atoms. The van der Waals surface area contributed by atoms with E-state index in [2.05, 4.69) is 34.3 Å². The molecule has 0 bridgehead atoms. The first-order valence-corrected chi connectivity index (χ1v) is 7.95. The molecule has 1 atom stereocenters. The molecule has 1 unspecified atom stereocenters. The minimum atomic E-state index is -1.16. The zero-order chi connectivity index (χ0) is 21.2. The molecule has 3 rings (SSSR count). The monoisotopic (exact) mass is 386 g/mol. The molecule has 0 saturated carbocycles. The van der Waals surface area contributed by atoms with Crippen LogP contribution in [0.4, 0.5) is 0 Å². The van der Waals surface area contributed by atoms with E-state index in [0.29, 0.717) is 6.10 Å². The van der Waals surface area contributed by atoms with Crippen LogP contribution in [0.5, 0.6) is 0 Å². The molecule has 0 amide bonds. The number of carbonyl (C=O) groups is 4. The van der Waals surface area contributed by atoms with E-state index in [1.165, 1.54) is 0 Å². The third-order valence-corrected chi connectivity index (χ3v) is 1.97. The normalized spacial score (nSPS) is 17.6. The number of epoxide rings is 2. The molecule has 27 heavy (non-hydrogen) atoms. The Balaban J connectivity index is 0. The van der Waals surface area contributed by atoms with Crippen molar-refractivity contribution in [3.63, 3.8) is 0 Å². The quantitative estimate of drug-likeness (QED) is 0.251. The number of hydrogen-bond acceptors (Lipinski definition) is 8. The average Bonchev–Trinajstić information content (AvgIpc) is 3.51. The fourth-order valence-corrected chi connectivity index (χ4v) is 0.810. The van der Waals surface area contributed by atoms with Gasteiger partial charge in [-0.05, 0) is 20.8 Å². The summed E-state index contributed by atoms with van der Waals surface area (Å²) in [4.78, 5) is 40.3. The Bertz CT molecular complexity index is 510. The predicted molar refractivity (Wildman–Crippen MR) is 95.7 cm³/mol. The lowest BCUT2D eigenvalue weighted by Crippen LogP contribution is -2.08. The Morgan fingerprint density at radius 3 is 1.78 bits per heavy atom. The molecule has 0 aromatic rings. The molecule has 1 N–H and O–H groups in total. The summed E-state index contributed by atoms with van der Waals surface area (Å²) in [7, 11) is 0. The topological polar surface area (TPSA) is 132 Å². The third-order valence-electron chi connectivity index (χ3n) is 1.97. The lowest BCUT2D eigenvalue weighted by molar-refractivity contribution is -0.150. The van der Waals surface area contributed by atoms with Gasteiger partial charge in [0, 0.05) is 24.3 Å². The highest BCUT2D eigenvalue weighted by Crippen LogP contribution is 2.04. The van der Waals surface area contributed by atoms with E-state index in [-0.39, 0.29) is 6.10 Å². The number of hydrogen-bond donors (Lipinski definition) is 1. The number of carbonyl (C=O) groups excluding carboxylic acids is 3. The number of rotatable bonds is 3. The van der Waals surface area contributed by atoms with Crippen molar-refractivity contribution in [2.45, 2.75) is 33.0 Å². The summed E-state index contributed by atoms with van der Waals surface area (Å²) >= 11 is 0. The standard InChI is InChI=1S/C7H10O4.C4H2O3.C3H6O.C2H4O.C2H4/c1-5(2)11-7(10)4-3-6(8)9;5-3-1-2-4(6)7-3;1-3-2-4-3;1-2-3-1;1-2/h3-5H,1-2H3,(H,8,9);1-2H;3H,2H2,1H3;1-2H2;1-2H2/b4-3-;;;;. The second kappa shape index (κ2) is 16.7. The molecule has 2 saturated heterocycles. The summed E-state index contributed by atoms with van der Waals surface area (Å²) in [6.45, 7) is 14.4. The summed E-state index contributed by atoms with van der Waals surface area (Å²) in [6.07, 6.45) is 4.15. The highest BCUT2D eigenvalue weighted by molar-refractivity contribution is 6.04. The Morgan fingerprint density at radius 1 is 1.19 bits per heavy atom. The van der Waals surface area contributed by atoms with Crippen molar-refractivity contribution >= 4 is 23.9 Å². The maximum atomic E-state index is 10.6. The third kappa shape index (κ3) is 28.3. The summed E-state index contributed by atoms with van der Waals surface area (Å²) in [5.41, 5.74) is 0. The van der Waals surface area contributed by atoms with Gasteiger partial charge >= 0.3 is 23.9 Å². The average molecular weight is 386 g/mol. The summed E-state index contributed by atoms with van der Waals surface area (Å²) in [5.74, 6) is -2.96. The largest absolute Gasteiger partial charge is 0.478 e. The molecule has 3 heterocycles. The maximum Gasteiger partial charge on any atom is 0.338 e. The van der Waals surface area contributed by atoms with Crippen LogP contribution >= 0.6 is 0 Å². The molecule has 2 fully saturated rings. The second-order valence-electron chi connectivity index (χ2n) is 4.99. The van der Waals surface area contributed by atoms with Crippen molar-refractivity contribution in [1.82, 2.24) is 0 Å². The molecular formula is C18H26O9. The lowest BCUT2D eigenvalue weighted by Gasteiger charge is -2.02. The van der Waals surface area contributed by atoms with Crippen LogP contribution in [0.1, 0.15) is 20.8 Å². The highest BCUT2D eigenvalue weighted by Gasteiger charge is 2.13. The van der Waals surface area contributed by atoms with E-state index in [9.17, 15) is 19.2 Å².